The first-order chi connectivity index (χ1) is 10.6. The lowest BCUT2D eigenvalue weighted by atomic mass is 9.59. The van der Waals surface area contributed by atoms with Gasteiger partial charge < -0.3 is 20.3 Å². The molecule has 1 aromatic carbocycles. The first-order valence-electron chi connectivity index (χ1n) is 7.74. The van der Waals surface area contributed by atoms with Crippen LogP contribution in [0, 0.1) is 0 Å². The number of benzene rings is 1. The molecule has 0 aliphatic heterocycles. The molecule has 0 amide bonds. The van der Waals surface area contributed by atoms with Crippen LogP contribution in [0.4, 0.5) is 0 Å². The van der Waals surface area contributed by atoms with Crippen molar-refractivity contribution in [3.63, 3.8) is 0 Å². The van der Waals surface area contributed by atoms with E-state index in [9.17, 15) is 10.2 Å². The summed E-state index contributed by atoms with van der Waals surface area (Å²) in [7, 11) is 3.64. The van der Waals surface area contributed by atoms with Crippen LogP contribution in [-0.4, -0.2) is 30.4 Å². The number of likely N-dealkylation sites (N-methyl/N-ethyl adjacent to an activating group) is 1. The van der Waals surface area contributed by atoms with E-state index < -0.39 is 0 Å². The molecule has 22 heavy (non-hydrogen) atoms. The van der Waals surface area contributed by atoms with Crippen molar-refractivity contribution in [3.8, 4) is 11.5 Å². The first kappa shape index (κ1) is 15.0. The van der Waals surface area contributed by atoms with Crippen molar-refractivity contribution in [1.82, 2.24) is 5.32 Å². The van der Waals surface area contributed by atoms with Crippen LogP contribution >= 0.6 is 0 Å². The molecule has 1 aromatic rings. The van der Waals surface area contributed by atoms with E-state index in [0.29, 0.717) is 6.42 Å². The maximum Gasteiger partial charge on any atom is 0.161 e. The Bertz CT molecular complexity index is 663. The average Bonchev–Trinajstić information content (AvgIpc) is 2.56. The van der Waals surface area contributed by atoms with E-state index >= 15 is 0 Å². The summed E-state index contributed by atoms with van der Waals surface area (Å²) < 4.78 is 5.47. The van der Waals surface area contributed by atoms with Gasteiger partial charge in [-0.1, -0.05) is 19.1 Å². The zero-order valence-corrected chi connectivity index (χ0v) is 13.3. The summed E-state index contributed by atoms with van der Waals surface area (Å²) in [5, 5.41) is 23.9. The van der Waals surface area contributed by atoms with Crippen LogP contribution in [0.2, 0.25) is 0 Å². The van der Waals surface area contributed by atoms with Crippen LogP contribution in [0.15, 0.2) is 35.6 Å². The van der Waals surface area contributed by atoms with Crippen molar-refractivity contribution in [2.45, 2.75) is 37.6 Å². The fourth-order valence-electron chi connectivity index (χ4n) is 4.04. The summed E-state index contributed by atoms with van der Waals surface area (Å²) in [6, 6.07) is 3.73. The predicted molar refractivity (Wildman–Crippen MR) is 86.1 cm³/mol. The van der Waals surface area contributed by atoms with Crippen LogP contribution in [0.1, 0.15) is 30.9 Å². The quantitative estimate of drug-likeness (QED) is 0.751. The fourth-order valence-corrected chi connectivity index (χ4v) is 4.04. The van der Waals surface area contributed by atoms with Crippen molar-refractivity contribution in [2.75, 3.05) is 14.2 Å². The number of nitrogens with one attached hydrogen (secondary N) is 1. The summed E-state index contributed by atoms with van der Waals surface area (Å²) in [6.45, 7) is 2.12. The number of fused-ring (bicyclic) bond motifs is 3. The Morgan fingerprint density at radius 2 is 2.09 bits per heavy atom. The highest BCUT2D eigenvalue weighted by molar-refractivity contribution is 5.61. The molecule has 2 aliphatic carbocycles. The van der Waals surface area contributed by atoms with Gasteiger partial charge >= 0.3 is 0 Å². The molecule has 0 saturated carbocycles. The second-order valence-corrected chi connectivity index (χ2v) is 6.08. The third-order valence-electron chi connectivity index (χ3n) is 5.21. The van der Waals surface area contributed by atoms with Crippen molar-refractivity contribution in [3.05, 3.63) is 46.7 Å². The Morgan fingerprint density at radius 3 is 2.73 bits per heavy atom. The molecule has 118 valence electrons. The van der Waals surface area contributed by atoms with Crippen molar-refractivity contribution < 1.29 is 14.9 Å². The number of phenolic OH excluding ortho intramolecular Hbond substituents is 2. The molecule has 0 spiro atoms. The molecule has 3 N–H and O–H groups in total. The zero-order chi connectivity index (χ0) is 15.9. The minimum Gasteiger partial charge on any atom is -0.504 e. The molecule has 0 saturated heterocycles. The number of phenols is 2. The van der Waals surface area contributed by atoms with E-state index in [1.54, 1.807) is 13.2 Å². The summed E-state index contributed by atoms with van der Waals surface area (Å²) in [5.41, 5.74) is 2.87. The van der Waals surface area contributed by atoms with Gasteiger partial charge in [-0.25, -0.2) is 0 Å². The lowest BCUT2D eigenvalue weighted by Gasteiger charge is -2.46. The third-order valence-corrected chi connectivity index (χ3v) is 5.21. The molecule has 0 aromatic heterocycles. The SMILES string of the molecule is CC[C@]12CC(OC)=CC=C1[C@H](NC)Cc1ccc(O)c(O)c12. The van der Waals surface area contributed by atoms with E-state index in [1.807, 2.05) is 19.2 Å². The normalized spacial score (nSPS) is 26.6. The van der Waals surface area contributed by atoms with E-state index in [4.69, 9.17) is 4.74 Å². The van der Waals surface area contributed by atoms with Crippen LogP contribution in [0.3, 0.4) is 0 Å². The topological polar surface area (TPSA) is 61.7 Å². The van der Waals surface area contributed by atoms with Crippen LogP contribution in [-0.2, 0) is 16.6 Å². The van der Waals surface area contributed by atoms with E-state index in [2.05, 4.69) is 18.3 Å². The van der Waals surface area contributed by atoms with Gasteiger partial charge in [0.2, 0.25) is 0 Å². The summed E-state index contributed by atoms with van der Waals surface area (Å²) >= 11 is 0. The molecule has 2 atom stereocenters. The average molecular weight is 301 g/mol. The molecule has 0 fully saturated rings. The van der Waals surface area contributed by atoms with Gasteiger partial charge in [0, 0.05) is 23.4 Å². The summed E-state index contributed by atoms with van der Waals surface area (Å²) in [4.78, 5) is 0. The minimum absolute atomic E-state index is 0.0113. The van der Waals surface area contributed by atoms with Gasteiger partial charge in [-0.05, 0) is 43.2 Å². The van der Waals surface area contributed by atoms with E-state index in [1.165, 1.54) is 5.57 Å². The van der Waals surface area contributed by atoms with Crippen LogP contribution < -0.4 is 5.32 Å². The van der Waals surface area contributed by atoms with Gasteiger partial charge in [-0.15, -0.1) is 0 Å². The Morgan fingerprint density at radius 1 is 1.32 bits per heavy atom. The van der Waals surface area contributed by atoms with Gasteiger partial charge in [0.1, 0.15) is 0 Å². The number of hydrogen-bond donors (Lipinski definition) is 3. The number of allylic oxidation sites excluding steroid dienone is 3. The van der Waals surface area contributed by atoms with Gasteiger partial charge in [0.15, 0.2) is 11.5 Å². The molecule has 0 radical (unpaired) electrons. The second-order valence-electron chi connectivity index (χ2n) is 6.08. The predicted octanol–water partition coefficient (Wildman–Crippen LogP) is 2.75. The van der Waals surface area contributed by atoms with Crippen molar-refractivity contribution in [2.24, 2.45) is 0 Å². The van der Waals surface area contributed by atoms with Crippen LogP contribution in [0.5, 0.6) is 11.5 Å². The number of methoxy groups -OCH3 is 1. The molecule has 0 bridgehead atoms. The van der Waals surface area contributed by atoms with Gasteiger partial charge in [0.25, 0.3) is 0 Å². The minimum atomic E-state index is -0.329. The molecule has 2 aliphatic rings. The highest BCUT2D eigenvalue weighted by Gasteiger charge is 2.47. The molecule has 0 heterocycles. The fraction of sp³-hybridized carbons (Fsp3) is 0.444. The summed E-state index contributed by atoms with van der Waals surface area (Å²) in [6.07, 6.45) is 6.47. The molecule has 3 rings (SSSR count). The largest absolute Gasteiger partial charge is 0.504 e. The van der Waals surface area contributed by atoms with E-state index in [0.717, 1.165) is 29.7 Å². The first-order valence-corrected chi connectivity index (χ1v) is 7.74. The van der Waals surface area contributed by atoms with E-state index in [-0.39, 0.29) is 23.0 Å². The van der Waals surface area contributed by atoms with Crippen molar-refractivity contribution in [1.29, 1.82) is 0 Å². The van der Waals surface area contributed by atoms with Crippen LogP contribution in [0.25, 0.3) is 0 Å². The molecule has 4 heteroatoms. The number of ether oxygens (including phenoxy) is 1. The molecule has 0 unspecified atom stereocenters. The Balaban J connectivity index is 2.28. The zero-order valence-electron chi connectivity index (χ0n) is 13.3. The standard InChI is InChI=1S/C18H23NO3/c1-4-18-10-12(22-3)6-7-13(18)14(19-2)9-11-5-8-15(20)17(21)16(11)18/h5-8,14,19-21H,4,9-10H2,1-3H3/t14-,18+/m1/s1. The number of hydrogen-bond acceptors (Lipinski definition) is 4. The van der Waals surface area contributed by atoms with Gasteiger partial charge in [-0.3, -0.25) is 0 Å². The lowest BCUT2D eigenvalue weighted by molar-refractivity contribution is 0.239. The third kappa shape index (κ3) is 1.94. The Hall–Kier alpha value is -1.94. The maximum atomic E-state index is 10.5. The second kappa shape index (κ2) is 5.36. The monoisotopic (exact) mass is 301 g/mol. The molecule has 4 nitrogen and oxygen atoms in total. The molecular weight excluding hydrogens is 278 g/mol. The summed E-state index contributed by atoms with van der Waals surface area (Å²) in [5.74, 6) is 0.857. The Labute approximate surface area is 131 Å². The Kier molecular flexibility index (Phi) is 3.65. The highest BCUT2D eigenvalue weighted by Crippen LogP contribution is 2.54. The smallest absolute Gasteiger partial charge is 0.161 e. The van der Waals surface area contributed by atoms with Gasteiger partial charge in [0.05, 0.1) is 12.9 Å². The maximum absolute atomic E-state index is 10.5. The highest BCUT2D eigenvalue weighted by atomic mass is 16.5. The van der Waals surface area contributed by atoms with Crippen molar-refractivity contribution >= 4 is 0 Å². The van der Waals surface area contributed by atoms with Gasteiger partial charge in [-0.2, -0.15) is 0 Å². The lowest BCUT2D eigenvalue weighted by Crippen LogP contribution is -2.46. The number of aromatic hydroxyl groups is 2. The number of rotatable bonds is 3. The molecular formula is C18H23NO3.